The Hall–Kier alpha value is -1.66. The Kier molecular flexibility index (Phi) is 4.01. The van der Waals surface area contributed by atoms with Crippen LogP contribution in [0.4, 0.5) is 0 Å². The van der Waals surface area contributed by atoms with E-state index in [0.717, 1.165) is 11.3 Å². The van der Waals surface area contributed by atoms with Gasteiger partial charge < -0.3 is 5.73 Å². The van der Waals surface area contributed by atoms with Crippen molar-refractivity contribution in [2.75, 3.05) is 5.75 Å². The zero-order valence-electron chi connectivity index (χ0n) is 10.8. The van der Waals surface area contributed by atoms with Crippen LogP contribution in [0.5, 0.6) is 0 Å². The number of hydrogen-bond donors (Lipinski definition) is 1. The monoisotopic (exact) mass is 279 g/mol. The summed E-state index contributed by atoms with van der Waals surface area (Å²) < 4.78 is 26.0. The molecule has 1 aromatic carbocycles. The average molecular weight is 279 g/mol. The third-order valence-electron chi connectivity index (χ3n) is 2.86. The van der Waals surface area contributed by atoms with Gasteiger partial charge in [0.05, 0.1) is 22.9 Å². The van der Waals surface area contributed by atoms with Crippen molar-refractivity contribution in [3.05, 3.63) is 47.8 Å². The Morgan fingerprint density at radius 3 is 2.74 bits per heavy atom. The molecule has 0 amide bonds. The van der Waals surface area contributed by atoms with Gasteiger partial charge in [0, 0.05) is 12.7 Å². The van der Waals surface area contributed by atoms with E-state index in [2.05, 4.69) is 5.10 Å². The van der Waals surface area contributed by atoms with E-state index in [1.54, 1.807) is 29.1 Å². The third kappa shape index (κ3) is 3.42. The molecule has 0 aliphatic heterocycles. The maximum atomic E-state index is 12.2. The molecule has 1 heterocycles. The second-order valence-electron chi connectivity index (χ2n) is 4.39. The van der Waals surface area contributed by atoms with Crippen LogP contribution in [0.3, 0.4) is 0 Å². The van der Waals surface area contributed by atoms with Crippen LogP contribution in [0.25, 0.3) is 0 Å². The number of benzene rings is 1. The van der Waals surface area contributed by atoms with Crippen molar-refractivity contribution in [3.8, 4) is 0 Å². The Morgan fingerprint density at radius 1 is 1.32 bits per heavy atom. The lowest BCUT2D eigenvalue weighted by Crippen LogP contribution is -2.14. The largest absolute Gasteiger partial charge is 0.326 e. The molecular formula is C13H17N3O2S. The summed E-state index contributed by atoms with van der Waals surface area (Å²) >= 11 is 0. The summed E-state index contributed by atoms with van der Waals surface area (Å²) in [7, 11) is -3.30. The molecule has 2 aromatic rings. The number of nitrogens with two attached hydrogens (primary N) is 1. The van der Waals surface area contributed by atoms with E-state index in [-0.39, 0.29) is 5.75 Å². The number of aromatic nitrogens is 2. The number of sulfone groups is 1. The lowest BCUT2D eigenvalue weighted by atomic mass is 10.2. The Morgan fingerprint density at radius 2 is 2.11 bits per heavy atom. The van der Waals surface area contributed by atoms with Crippen LogP contribution in [0.15, 0.2) is 41.4 Å². The molecule has 102 valence electrons. The first-order chi connectivity index (χ1) is 9.01. The molecule has 0 saturated heterocycles. The summed E-state index contributed by atoms with van der Waals surface area (Å²) in [5, 5.41) is 4.17. The highest BCUT2D eigenvalue weighted by atomic mass is 32.2. The number of hydrogen-bond acceptors (Lipinski definition) is 4. The molecule has 0 atom stereocenters. The van der Waals surface area contributed by atoms with Gasteiger partial charge in [0.25, 0.3) is 0 Å². The van der Waals surface area contributed by atoms with Crippen LogP contribution in [0.2, 0.25) is 0 Å². The summed E-state index contributed by atoms with van der Waals surface area (Å²) in [6.07, 6.45) is 1.78. The molecular weight excluding hydrogens is 262 g/mol. The fraction of sp³-hybridized carbons (Fsp3) is 0.308. The highest BCUT2D eigenvalue weighted by molar-refractivity contribution is 7.91. The molecule has 2 rings (SSSR count). The van der Waals surface area contributed by atoms with E-state index >= 15 is 0 Å². The second-order valence-corrected chi connectivity index (χ2v) is 6.50. The summed E-state index contributed by atoms with van der Waals surface area (Å²) in [5.74, 6) is 0.0299. The minimum Gasteiger partial charge on any atom is -0.326 e. The number of nitrogens with zero attached hydrogens (tertiary/aromatic N) is 2. The molecule has 0 spiro atoms. The summed E-state index contributed by atoms with van der Waals surface area (Å²) in [6, 6.07) is 8.61. The minimum atomic E-state index is -3.30. The van der Waals surface area contributed by atoms with Crippen molar-refractivity contribution in [1.82, 2.24) is 9.78 Å². The first kappa shape index (κ1) is 13.8. The topological polar surface area (TPSA) is 78.0 Å². The van der Waals surface area contributed by atoms with Crippen molar-refractivity contribution in [2.24, 2.45) is 5.73 Å². The van der Waals surface area contributed by atoms with Crippen molar-refractivity contribution in [1.29, 1.82) is 0 Å². The minimum absolute atomic E-state index is 0.0299. The van der Waals surface area contributed by atoms with Gasteiger partial charge in [-0.25, -0.2) is 8.42 Å². The van der Waals surface area contributed by atoms with Crippen LogP contribution in [-0.2, 0) is 22.9 Å². The van der Waals surface area contributed by atoms with Gasteiger partial charge in [0.15, 0.2) is 9.84 Å². The molecule has 1 aromatic heterocycles. The first-order valence-corrected chi connectivity index (χ1v) is 7.68. The molecule has 2 N–H and O–H groups in total. The van der Waals surface area contributed by atoms with Crippen molar-refractivity contribution in [2.45, 2.75) is 24.9 Å². The SMILES string of the molecule is Cc1ccn(CCS(=O)(=O)c2cccc(CN)c2)n1. The molecule has 6 heteroatoms. The van der Waals surface area contributed by atoms with Crippen LogP contribution >= 0.6 is 0 Å². The van der Waals surface area contributed by atoms with Gasteiger partial charge >= 0.3 is 0 Å². The normalized spacial score (nSPS) is 11.7. The van der Waals surface area contributed by atoms with Gasteiger partial charge in [-0.05, 0) is 30.7 Å². The fourth-order valence-electron chi connectivity index (χ4n) is 1.79. The average Bonchev–Trinajstić information content (AvgIpc) is 2.82. The van der Waals surface area contributed by atoms with Crippen molar-refractivity contribution in [3.63, 3.8) is 0 Å². The number of rotatable bonds is 5. The van der Waals surface area contributed by atoms with Gasteiger partial charge in [0.2, 0.25) is 0 Å². The van der Waals surface area contributed by atoms with E-state index in [1.165, 1.54) is 0 Å². The molecule has 0 bridgehead atoms. The molecule has 0 unspecified atom stereocenters. The lowest BCUT2D eigenvalue weighted by molar-refractivity contribution is 0.579. The maximum Gasteiger partial charge on any atom is 0.180 e. The Balaban J connectivity index is 2.13. The van der Waals surface area contributed by atoms with Crippen LogP contribution in [0.1, 0.15) is 11.3 Å². The summed E-state index contributed by atoms with van der Waals surface area (Å²) in [5.41, 5.74) is 7.21. The van der Waals surface area contributed by atoms with Crippen LogP contribution in [-0.4, -0.2) is 24.0 Å². The number of aryl methyl sites for hydroxylation is 2. The van der Waals surface area contributed by atoms with Crippen molar-refractivity contribution < 1.29 is 8.42 Å². The van der Waals surface area contributed by atoms with Gasteiger partial charge in [-0.15, -0.1) is 0 Å². The molecule has 5 nitrogen and oxygen atoms in total. The Bertz CT molecular complexity index is 662. The predicted molar refractivity (Wildman–Crippen MR) is 73.4 cm³/mol. The smallest absolute Gasteiger partial charge is 0.180 e. The summed E-state index contributed by atoms with van der Waals surface area (Å²) in [4.78, 5) is 0.319. The lowest BCUT2D eigenvalue weighted by Gasteiger charge is -2.06. The molecule has 0 saturated carbocycles. The zero-order chi connectivity index (χ0) is 13.9. The van der Waals surface area contributed by atoms with E-state index in [1.807, 2.05) is 19.1 Å². The highest BCUT2D eigenvalue weighted by Gasteiger charge is 2.14. The standard InChI is InChI=1S/C13H17N3O2S/c1-11-5-6-16(15-11)7-8-19(17,18)13-4-2-3-12(9-13)10-14/h2-6,9H,7-8,10,14H2,1H3. The van der Waals surface area contributed by atoms with E-state index < -0.39 is 9.84 Å². The fourth-order valence-corrected chi connectivity index (χ4v) is 3.07. The highest BCUT2D eigenvalue weighted by Crippen LogP contribution is 2.13. The van der Waals surface area contributed by atoms with E-state index in [4.69, 9.17) is 5.73 Å². The van der Waals surface area contributed by atoms with E-state index in [0.29, 0.717) is 18.0 Å². The molecule has 0 aliphatic rings. The first-order valence-electron chi connectivity index (χ1n) is 6.03. The third-order valence-corrected chi connectivity index (χ3v) is 4.55. The van der Waals surface area contributed by atoms with Crippen LogP contribution in [0, 0.1) is 6.92 Å². The van der Waals surface area contributed by atoms with Gasteiger partial charge in [-0.1, -0.05) is 12.1 Å². The summed E-state index contributed by atoms with van der Waals surface area (Å²) in [6.45, 7) is 2.56. The van der Waals surface area contributed by atoms with Gasteiger partial charge in [-0.2, -0.15) is 5.10 Å². The van der Waals surface area contributed by atoms with Crippen molar-refractivity contribution >= 4 is 9.84 Å². The molecule has 19 heavy (non-hydrogen) atoms. The molecule has 0 radical (unpaired) electrons. The second kappa shape index (κ2) is 5.54. The predicted octanol–water partition coefficient (Wildman–Crippen LogP) is 1.12. The zero-order valence-corrected chi connectivity index (χ0v) is 11.6. The van der Waals surface area contributed by atoms with E-state index in [9.17, 15) is 8.42 Å². The quantitative estimate of drug-likeness (QED) is 0.889. The Labute approximate surface area is 113 Å². The maximum absolute atomic E-state index is 12.2. The van der Waals surface area contributed by atoms with Crippen LogP contribution < -0.4 is 5.73 Å². The van der Waals surface area contributed by atoms with Gasteiger partial charge in [0.1, 0.15) is 0 Å². The molecule has 0 aliphatic carbocycles. The van der Waals surface area contributed by atoms with Gasteiger partial charge in [-0.3, -0.25) is 4.68 Å². The molecule has 0 fully saturated rings.